The van der Waals surface area contributed by atoms with Crippen LogP contribution in [0.4, 0.5) is 0 Å². The fourth-order valence-electron chi connectivity index (χ4n) is 4.86. The van der Waals surface area contributed by atoms with Crippen molar-refractivity contribution < 1.29 is 4.79 Å². The molecule has 26 heavy (non-hydrogen) atoms. The van der Waals surface area contributed by atoms with Gasteiger partial charge in [-0.3, -0.25) is 14.5 Å². The summed E-state index contributed by atoms with van der Waals surface area (Å²) in [6, 6.07) is 0.658. The summed E-state index contributed by atoms with van der Waals surface area (Å²) in [5.41, 5.74) is 1.88. The fraction of sp³-hybridized carbons (Fsp3) is 0.750. The van der Waals surface area contributed by atoms with Gasteiger partial charge in [0.2, 0.25) is 5.91 Å². The second kappa shape index (κ2) is 7.51. The Morgan fingerprint density at radius 1 is 1.19 bits per heavy atom. The largest absolute Gasteiger partial charge is 0.342 e. The first-order valence-electron chi connectivity index (χ1n) is 10.3. The zero-order chi connectivity index (χ0) is 18.1. The molecule has 4 rings (SSSR count). The molecule has 0 unspecified atom stereocenters. The molecule has 1 saturated heterocycles. The van der Waals surface area contributed by atoms with Crippen LogP contribution in [0.3, 0.4) is 0 Å². The summed E-state index contributed by atoms with van der Waals surface area (Å²) in [5, 5.41) is 0. The maximum Gasteiger partial charge on any atom is 0.254 e. The molecule has 3 heterocycles. The highest BCUT2D eigenvalue weighted by Gasteiger charge is 2.31. The molecule has 6 heteroatoms. The first-order chi connectivity index (χ1) is 12.7. The molecule has 1 aromatic rings. The second-order valence-corrected chi connectivity index (χ2v) is 8.07. The summed E-state index contributed by atoms with van der Waals surface area (Å²) < 4.78 is 0. The number of nitrogens with one attached hydrogen (secondary N) is 1. The molecule has 2 fully saturated rings. The van der Waals surface area contributed by atoms with Crippen LogP contribution in [0.1, 0.15) is 74.9 Å². The van der Waals surface area contributed by atoms with Crippen LogP contribution in [-0.4, -0.2) is 51.4 Å². The number of rotatable bonds is 3. The molecule has 0 spiro atoms. The molecule has 142 valence electrons. The number of likely N-dealkylation sites (tertiary alicyclic amines) is 1. The van der Waals surface area contributed by atoms with E-state index in [2.05, 4.69) is 9.88 Å². The molecule has 1 N–H and O–H groups in total. The Labute approximate surface area is 155 Å². The number of hydrogen-bond acceptors (Lipinski definition) is 4. The molecule has 1 aliphatic carbocycles. The zero-order valence-electron chi connectivity index (χ0n) is 15.8. The van der Waals surface area contributed by atoms with Crippen molar-refractivity contribution in [1.29, 1.82) is 0 Å². The summed E-state index contributed by atoms with van der Waals surface area (Å²) >= 11 is 0. The Balaban J connectivity index is 1.52. The van der Waals surface area contributed by atoms with E-state index in [1.165, 1.54) is 32.1 Å². The highest BCUT2D eigenvalue weighted by atomic mass is 16.2. The average molecular weight is 358 g/mol. The molecular weight excluding hydrogens is 328 g/mol. The van der Waals surface area contributed by atoms with E-state index in [0.29, 0.717) is 19.0 Å². The van der Waals surface area contributed by atoms with Crippen molar-refractivity contribution in [3.05, 3.63) is 27.4 Å². The lowest BCUT2D eigenvalue weighted by Gasteiger charge is -2.37. The number of carbonyl (C=O) groups excluding carboxylic acids is 1. The van der Waals surface area contributed by atoms with E-state index in [1.54, 1.807) is 0 Å². The fourth-order valence-corrected chi connectivity index (χ4v) is 4.86. The standard InChI is InChI=1S/C20H30N4O2/c1-2-18(25)24-10-8-14(12-24)19-21-17-13-23(15-6-4-3-5-7-15)11-9-16(17)20(26)22-19/h14-15H,2-13H2,1H3,(H,21,22,26)/t14-/m0/s1. The molecule has 1 amide bonds. The van der Waals surface area contributed by atoms with Gasteiger partial charge in [0.1, 0.15) is 5.82 Å². The SMILES string of the molecule is CCC(=O)N1CC[C@H](c2nc3c(c(=O)[nH]2)CCN(C2CCCCC2)C3)C1. The van der Waals surface area contributed by atoms with Crippen LogP contribution in [0, 0.1) is 0 Å². The van der Waals surface area contributed by atoms with Crippen LogP contribution in [0.15, 0.2) is 4.79 Å². The van der Waals surface area contributed by atoms with Gasteiger partial charge in [0.05, 0.1) is 5.69 Å². The number of aromatic nitrogens is 2. The normalized spacial score (nSPS) is 24.7. The predicted octanol–water partition coefficient (Wildman–Crippen LogP) is 2.19. The van der Waals surface area contributed by atoms with Crippen molar-refractivity contribution in [2.45, 2.75) is 76.8 Å². The number of aromatic amines is 1. The maximum absolute atomic E-state index is 12.6. The summed E-state index contributed by atoms with van der Waals surface area (Å²) in [5.74, 6) is 1.13. The molecule has 0 bridgehead atoms. The Hall–Kier alpha value is -1.69. The molecule has 2 aliphatic heterocycles. The summed E-state index contributed by atoms with van der Waals surface area (Å²) in [6.45, 7) is 5.13. The van der Waals surface area contributed by atoms with Crippen LogP contribution in [0.25, 0.3) is 0 Å². The van der Waals surface area contributed by atoms with Crippen LogP contribution >= 0.6 is 0 Å². The number of H-pyrrole nitrogens is 1. The quantitative estimate of drug-likeness (QED) is 0.899. The summed E-state index contributed by atoms with van der Waals surface area (Å²) in [7, 11) is 0. The molecule has 1 saturated carbocycles. The molecule has 6 nitrogen and oxygen atoms in total. The maximum atomic E-state index is 12.6. The van der Waals surface area contributed by atoms with E-state index >= 15 is 0 Å². The van der Waals surface area contributed by atoms with E-state index in [4.69, 9.17) is 4.98 Å². The highest BCUT2D eigenvalue weighted by molar-refractivity contribution is 5.76. The van der Waals surface area contributed by atoms with Gasteiger partial charge in [-0.1, -0.05) is 26.2 Å². The molecule has 0 radical (unpaired) electrons. The first-order valence-corrected chi connectivity index (χ1v) is 10.3. The monoisotopic (exact) mass is 358 g/mol. The molecular formula is C20H30N4O2. The van der Waals surface area contributed by atoms with Gasteiger partial charge < -0.3 is 9.88 Å². The van der Waals surface area contributed by atoms with Crippen LogP contribution in [0.2, 0.25) is 0 Å². The van der Waals surface area contributed by atoms with Gasteiger partial charge in [0.15, 0.2) is 0 Å². The van der Waals surface area contributed by atoms with Gasteiger partial charge >= 0.3 is 0 Å². The van der Waals surface area contributed by atoms with Gasteiger partial charge in [-0.15, -0.1) is 0 Å². The Bertz CT molecular complexity index is 723. The van der Waals surface area contributed by atoms with Crippen LogP contribution < -0.4 is 5.56 Å². The van der Waals surface area contributed by atoms with Crippen molar-refractivity contribution in [2.75, 3.05) is 19.6 Å². The lowest BCUT2D eigenvalue weighted by atomic mass is 9.92. The molecule has 1 atom stereocenters. The number of carbonyl (C=O) groups is 1. The highest BCUT2D eigenvalue weighted by Crippen LogP contribution is 2.28. The summed E-state index contributed by atoms with van der Waals surface area (Å²) in [6.07, 6.45) is 8.80. The van der Waals surface area contributed by atoms with Gasteiger partial charge in [0, 0.05) is 50.1 Å². The van der Waals surface area contributed by atoms with Gasteiger partial charge in [-0.05, 0) is 25.7 Å². The average Bonchev–Trinajstić information content (AvgIpc) is 3.18. The van der Waals surface area contributed by atoms with E-state index in [-0.39, 0.29) is 17.4 Å². The Morgan fingerprint density at radius 3 is 2.77 bits per heavy atom. The lowest BCUT2D eigenvalue weighted by Crippen LogP contribution is -2.42. The minimum absolute atomic E-state index is 0.0357. The third kappa shape index (κ3) is 3.43. The molecule has 0 aromatic carbocycles. The number of nitrogens with zero attached hydrogens (tertiary/aromatic N) is 3. The topological polar surface area (TPSA) is 69.3 Å². The van der Waals surface area contributed by atoms with E-state index in [1.807, 2.05) is 11.8 Å². The van der Waals surface area contributed by atoms with Crippen molar-refractivity contribution >= 4 is 5.91 Å². The minimum Gasteiger partial charge on any atom is -0.342 e. The third-order valence-electron chi connectivity index (χ3n) is 6.44. The van der Waals surface area contributed by atoms with Crippen molar-refractivity contribution in [1.82, 2.24) is 19.8 Å². The molecule has 1 aromatic heterocycles. The number of fused-ring (bicyclic) bond motifs is 1. The first kappa shape index (κ1) is 17.7. The zero-order valence-corrected chi connectivity index (χ0v) is 15.8. The van der Waals surface area contributed by atoms with E-state index in [0.717, 1.165) is 49.6 Å². The van der Waals surface area contributed by atoms with Gasteiger partial charge in [0.25, 0.3) is 5.56 Å². The summed E-state index contributed by atoms with van der Waals surface area (Å²) in [4.78, 5) is 36.9. The predicted molar refractivity (Wildman–Crippen MR) is 100 cm³/mol. The van der Waals surface area contributed by atoms with Crippen LogP contribution in [0.5, 0.6) is 0 Å². The Morgan fingerprint density at radius 2 is 2.00 bits per heavy atom. The number of amides is 1. The van der Waals surface area contributed by atoms with E-state index in [9.17, 15) is 9.59 Å². The van der Waals surface area contributed by atoms with Crippen molar-refractivity contribution in [3.8, 4) is 0 Å². The van der Waals surface area contributed by atoms with E-state index < -0.39 is 0 Å². The smallest absolute Gasteiger partial charge is 0.254 e. The lowest BCUT2D eigenvalue weighted by molar-refractivity contribution is -0.129. The third-order valence-corrected chi connectivity index (χ3v) is 6.44. The Kier molecular flexibility index (Phi) is 5.11. The van der Waals surface area contributed by atoms with Crippen LogP contribution in [-0.2, 0) is 17.8 Å². The molecule has 3 aliphatic rings. The second-order valence-electron chi connectivity index (χ2n) is 8.07. The van der Waals surface area contributed by atoms with Crippen molar-refractivity contribution in [2.24, 2.45) is 0 Å². The van der Waals surface area contributed by atoms with Crippen molar-refractivity contribution in [3.63, 3.8) is 0 Å². The number of hydrogen-bond donors (Lipinski definition) is 1. The minimum atomic E-state index is 0.0357. The van der Waals surface area contributed by atoms with Gasteiger partial charge in [-0.2, -0.15) is 0 Å². The van der Waals surface area contributed by atoms with Gasteiger partial charge in [-0.25, -0.2) is 4.98 Å².